The molecule has 1 aliphatic heterocycles. The van der Waals surface area contributed by atoms with Crippen molar-refractivity contribution in [2.24, 2.45) is 0 Å². The Morgan fingerprint density at radius 2 is 2.00 bits per heavy atom. The summed E-state index contributed by atoms with van der Waals surface area (Å²) in [7, 11) is 0. The molecule has 2 heterocycles. The Bertz CT molecular complexity index is 507. The number of amides is 1. The van der Waals surface area contributed by atoms with Gasteiger partial charge >= 0.3 is 0 Å². The molecule has 2 rings (SSSR count). The van der Waals surface area contributed by atoms with E-state index in [-0.39, 0.29) is 17.2 Å². The summed E-state index contributed by atoms with van der Waals surface area (Å²) in [6, 6.07) is 2.73. The van der Waals surface area contributed by atoms with Crippen molar-refractivity contribution in [2.75, 3.05) is 32.7 Å². The lowest BCUT2D eigenvalue weighted by Gasteiger charge is -2.37. The molecule has 7 heteroatoms. The van der Waals surface area contributed by atoms with Crippen molar-refractivity contribution in [3.05, 3.63) is 28.2 Å². The Morgan fingerprint density at radius 3 is 2.50 bits per heavy atom. The van der Waals surface area contributed by atoms with E-state index in [1.165, 1.54) is 12.1 Å². The SMILES string of the molecule is CC(C)(O)CN1CCN(C(=O)c2ccc(=O)[nH]n2)CC1. The number of hydrogen-bond donors (Lipinski definition) is 2. The molecule has 20 heavy (non-hydrogen) atoms. The zero-order chi connectivity index (χ0) is 14.8. The van der Waals surface area contributed by atoms with Crippen LogP contribution >= 0.6 is 0 Å². The molecule has 0 saturated carbocycles. The topological polar surface area (TPSA) is 89.5 Å². The number of H-pyrrole nitrogens is 1. The summed E-state index contributed by atoms with van der Waals surface area (Å²) in [4.78, 5) is 26.9. The Hall–Kier alpha value is -1.73. The first-order chi connectivity index (χ1) is 9.35. The molecule has 1 aliphatic rings. The highest BCUT2D eigenvalue weighted by atomic mass is 16.3. The number of aromatic amines is 1. The molecule has 1 saturated heterocycles. The number of rotatable bonds is 3. The lowest BCUT2D eigenvalue weighted by molar-refractivity contribution is 0.0177. The van der Waals surface area contributed by atoms with Crippen LogP contribution in [0.4, 0.5) is 0 Å². The number of β-amino-alcohol motifs (C(OH)–C–C–N with tert-alkyl or cyclic N) is 1. The van der Waals surface area contributed by atoms with Crippen LogP contribution in [0.3, 0.4) is 0 Å². The molecule has 1 amide bonds. The molecule has 7 nitrogen and oxygen atoms in total. The van der Waals surface area contributed by atoms with Crippen molar-refractivity contribution in [3.8, 4) is 0 Å². The number of piperazine rings is 1. The largest absolute Gasteiger partial charge is 0.389 e. The molecule has 0 atom stereocenters. The highest BCUT2D eigenvalue weighted by Crippen LogP contribution is 2.10. The van der Waals surface area contributed by atoms with Crippen molar-refractivity contribution in [1.82, 2.24) is 20.0 Å². The lowest BCUT2D eigenvalue weighted by Crippen LogP contribution is -2.52. The third kappa shape index (κ3) is 3.88. The van der Waals surface area contributed by atoms with Crippen molar-refractivity contribution in [3.63, 3.8) is 0 Å². The first-order valence-corrected chi connectivity index (χ1v) is 6.65. The number of nitrogens with zero attached hydrogens (tertiary/aromatic N) is 3. The molecule has 1 aromatic heterocycles. The maximum atomic E-state index is 12.2. The summed E-state index contributed by atoms with van der Waals surface area (Å²) in [5, 5.41) is 15.8. The van der Waals surface area contributed by atoms with E-state index in [1.807, 2.05) is 0 Å². The molecule has 0 aromatic carbocycles. The molecule has 0 unspecified atom stereocenters. The minimum Gasteiger partial charge on any atom is -0.389 e. The van der Waals surface area contributed by atoms with Gasteiger partial charge in [0.1, 0.15) is 5.69 Å². The summed E-state index contributed by atoms with van der Waals surface area (Å²) < 4.78 is 0. The van der Waals surface area contributed by atoms with E-state index in [0.717, 1.165) is 13.1 Å². The van der Waals surface area contributed by atoms with Crippen molar-refractivity contribution in [1.29, 1.82) is 0 Å². The second kappa shape index (κ2) is 5.72. The van der Waals surface area contributed by atoms with Gasteiger partial charge in [-0.25, -0.2) is 5.10 Å². The highest BCUT2D eigenvalue weighted by molar-refractivity contribution is 5.92. The fourth-order valence-corrected chi connectivity index (χ4v) is 2.28. The molecular formula is C13H20N4O3. The van der Waals surface area contributed by atoms with E-state index < -0.39 is 5.60 Å². The number of carbonyl (C=O) groups is 1. The van der Waals surface area contributed by atoms with Gasteiger partial charge in [0.05, 0.1) is 5.60 Å². The fraction of sp³-hybridized carbons (Fsp3) is 0.615. The average molecular weight is 280 g/mol. The number of aliphatic hydroxyl groups is 1. The smallest absolute Gasteiger partial charge is 0.274 e. The van der Waals surface area contributed by atoms with E-state index in [9.17, 15) is 14.7 Å². The van der Waals surface area contributed by atoms with Crippen LogP contribution in [-0.2, 0) is 0 Å². The molecule has 0 aliphatic carbocycles. The number of hydrogen-bond acceptors (Lipinski definition) is 5. The summed E-state index contributed by atoms with van der Waals surface area (Å²) >= 11 is 0. The van der Waals surface area contributed by atoms with Gasteiger partial charge in [-0.15, -0.1) is 0 Å². The van der Waals surface area contributed by atoms with Crippen LogP contribution in [0.1, 0.15) is 24.3 Å². The van der Waals surface area contributed by atoms with Crippen LogP contribution in [0.5, 0.6) is 0 Å². The number of carbonyl (C=O) groups excluding carboxylic acids is 1. The first kappa shape index (κ1) is 14.7. The predicted octanol–water partition coefficient (Wildman–Crippen LogP) is -0.701. The van der Waals surface area contributed by atoms with Crippen molar-refractivity contribution < 1.29 is 9.90 Å². The van der Waals surface area contributed by atoms with Gasteiger partial charge in [-0.2, -0.15) is 5.10 Å². The molecule has 2 N–H and O–H groups in total. The highest BCUT2D eigenvalue weighted by Gasteiger charge is 2.26. The van der Waals surface area contributed by atoms with Crippen LogP contribution in [0.25, 0.3) is 0 Å². The van der Waals surface area contributed by atoms with Crippen LogP contribution in [-0.4, -0.2) is 69.3 Å². The first-order valence-electron chi connectivity index (χ1n) is 6.65. The maximum Gasteiger partial charge on any atom is 0.274 e. The molecular weight excluding hydrogens is 260 g/mol. The van der Waals surface area contributed by atoms with Crippen LogP contribution < -0.4 is 5.56 Å². The van der Waals surface area contributed by atoms with Crippen LogP contribution in [0, 0.1) is 0 Å². The summed E-state index contributed by atoms with van der Waals surface area (Å²) in [5.74, 6) is -0.177. The van der Waals surface area contributed by atoms with E-state index in [0.29, 0.717) is 19.6 Å². The van der Waals surface area contributed by atoms with Gasteiger partial charge in [0.15, 0.2) is 0 Å². The van der Waals surface area contributed by atoms with E-state index in [4.69, 9.17) is 0 Å². The average Bonchev–Trinajstić information content (AvgIpc) is 2.38. The standard InChI is InChI=1S/C13H20N4O3/c1-13(2,20)9-16-5-7-17(8-6-16)12(19)10-3-4-11(18)15-14-10/h3-4,20H,5-9H2,1-2H3,(H,15,18). The Labute approximate surface area is 117 Å². The zero-order valence-corrected chi connectivity index (χ0v) is 11.8. The molecule has 0 bridgehead atoms. The fourth-order valence-electron chi connectivity index (χ4n) is 2.28. The molecule has 110 valence electrons. The summed E-state index contributed by atoms with van der Waals surface area (Å²) in [6.45, 7) is 6.76. The molecule has 0 radical (unpaired) electrons. The quantitative estimate of drug-likeness (QED) is 0.764. The van der Waals surface area contributed by atoms with Crippen LogP contribution in [0.2, 0.25) is 0 Å². The molecule has 0 spiro atoms. The van der Waals surface area contributed by atoms with Gasteiger partial charge in [-0.1, -0.05) is 0 Å². The van der Waals surface area contributed by atoms with Crippen molar-refractivity contribution in [2.45, 2.75) is 19.4 Å². The van der Waals surface area contributed by atoms with Gasteiger partial charge in [0.25, 0.3) is 11.5 Å². The zero-order valence-electron chi connectivity index (χ0n) is 11.8. The minimum atomic E-state index is -0.730. The van der Waals surface area contributed by atoms with Gasteiger partial charge in [0, 0.05) is 38.8 Å². The normalized spacial score (nSPS) is 17.2. The van der Waals surface area contributed by atoms with E-state index >= 15 is 0 Å². The van der Waals surface area contributed by atoms with Gasteiger partial charge in [-0.3, -0.25) is 14.5 Å². The molecule has 1 fully saturated rings. The third-order valence-corrected chi connectivity index (χ3v) is 3.17. The van der Waals surface area contributed by atoms with E-state index in [2.05, 4.69) is 15.1 Å². The summed E-state index contributed by atoms with van der Waals surface area (Å²) in [5.41, 5.74) is -0.802. The Balaban J connectivity index is 1.92. The Morgan fingerprint density at radius 1 is 1.35 bits per heavy atom. The Kier molecular flexibility index (Phi) is 4.20. The van der Waals surface area contributed by atoms with E-state index in [1.54, 1.807) is 18.7 Å². The van der Waals surface area contributed by atoms with Gasteiger partial charge in [-0.05, 0) is 19.9 Å². The predicted molar refractivity (Wildman–Crippen MR) is 73.5 cm³/mol. The van der Waals surface area contributed by atoms with Crippen LogP contribution in [0.15, 0.2) is 16.9 Å². The number of nitrogens with one attached hydrogen (secondary N) is 1. The third-order valence-electron chi connectivity index (χ3n) is 3.17. The monoisotopic (exact) mass is 280 g/mol. The van der Waals surface area contributed by atoms with Crippen molar-refractivity contribution >= 4 is 5.91 Å². The second-order valence-electron chi connectivity index (χ2n) is 5.69. The van der Waals surface area contributed by atoms with Gasteiger partial charge < -0.3 is 10.0 Å². The molecule has 1 aromatic rings. The maximum absolute atomic E-state index is 12.2. The summed E-state index contributed by atoms with van der Waals surface area (Å²) in [6.07, 6.45) is 0. The second-order valence-corrected chi connectivity index (χ2v) is 5.69. The number of aromatic nitrogens is 2. The minimum absolute atomic E-state index is 0.177. The lowest BCUT2D eigenvalue weighted by atomic mass is 10.1. The van der Waals surface area contributed by atoms with Gasteiger partial charge in [0.2, 0.25) is 0 Å².